The molecule has 0 amide bonds. The second-order valence-electron chi connectivity index (χ2n) is 9.15. The molecule has 0 aliphatic carbocycles. The smallest absolute Gasteiger partial charge is 0.193 e. The van der Waals surface area contributed by atoms with E-state index in [4.69, 9.17) is 23.7 Å². The maximum atomic E-state index is 15.0. The van der Waals surface area contributed by atoms with Crippen LogP contribution in [-0.4, -0.2) is 73.0 Å². The number of methoxy groups -OCH3 is 1. The quantitative estimate of drug-likeness (QED) is 0.349. The molecule has 0 spiro atoms. The Morgan fingerprint density at radius 1 is 0.973 bits per heavy atom. The number of nitrogens with zero attached hydrogens (tertiary/aromatic N) is 1. The van der Waals surface area contributed by atoms with E-state index in [1.807, 2.05) is 48.5 Å². The lowest BCUT2D eigenvalue weighted by Crippen LogP contribution is -2.34. The number of rotatable bonds is 8. The van der Waals surface area contributed by atoms with Gasteiger partial charge in [-0.1, -0.05) is 36.4 Å². The van der Waals surface area contributed by atoms with Gasteiger partial charge in [-0.05, 0) is 23.3 Å². The van der Waals surface area contributed by atoms with Crippen LogP contribution in [0.4, 0.5) is 4.39 Å². The molecule has 2 aliphatic heterocycles. The summed E-state index contributed by atoms with van der Waals surface area (Å²) in [6, 6.07) is 18.5. The summed E-state index contributed by atoms with van der Waals surface area (Å²) >= 11 is 0. The van der Waals surface area contributed by atoms with Crippen molar-refractivity contribution in [1.82, 2.24) is 9.97 Å². The molecule has 0 saturated carbocycles. The van der Waals surface area contributed by atoms with Crippen LogP contribution in [0.5, 0.6) is 11.6 Å². The van der Waals surface area contributed by atoms with Gasteiger partial charge in [-0.3, -0.25) is 0 Å². The Morgan fingerprint density at radius 3 is 2.62 bits per heavy atom. The molecular formula is C28H27FN2O6. The van der Waals surface area contributed by atoms with Crippen LogP contribution in [0.15, 0.2) is 60.7 Å². The number of halogens is 1. The van der Waals surface area contributed by atoms with Crippen molar-refractivity contribution in [2.45, 2.75) is 24.4 Å². The number of fused-ring (bicyclic) bond motifs is 2. The summed E-state index contributed by atoms with van der Waals surface area (Å²) in [5.74, 6) is 0.771. The lowest BCUT2D eigenvalue weighted by molar-refractivity contribution is 0.00794. The van der Waals surface area contributed by atoms with Gasteiger partial charge in [-0.2, -0.15) is 0 Å². The van der Waals surface area contributed by atoms with Crippen LogP contribution in [0.25, 0.3) is 33.4 Å². The van der Waals surface area contributed by atoms with Crippen LogP contribution in [0.3, 0.4) is 0 Å². The van der Waals surface area contributed by atoms with Gasteiger partial charge in [-0.15, -0.1) is 0 Å². The number of aromatic amines is 1. The van der Waals surface area contributed by atoms with Crippen molar-refractivity contribution < 1.29 is 33.2 Å². The molecule has 9 heteroatoms. The van der Waals surface area contributed by atoms with Gasteiger partial charge in [0.1, 0.15) is 36.4 Å². The van der Waals surface area contributed by atoms with Crippen LogP contribution < -0.4 is 9.47 Å². The molecule has 2 aromatic heterocycles. The average Bonchev–Trinajstić information content (AvgIpc) is 3.60. The summed E-state index contributed by atoms with van der Waals surface area (Å²) in [4.78, 5) is 7.63. The average molecular weight is 507 g/mol. The Bertz CT molecular complexity index is 1390. The van der Waals surface area contributed by atoms with Crippen molar-refractivity contribution >= 4 is 11.0 Å². The van der Waals surface area contributed by atoms with Gasteiger partial charge in [0.25, 0.3) is 0 Å². The highest BCUT2D eigenvalue weighted by Gasteiger charge is 2.48. The van der Waals surface area contributed by atoms with Crippen molar-refractivity contribution in [3.8, 4) is 34.0 Å². The van der Waals surface area contributed by atoms with Crippen molar-refractivity contribution in [2.24, 2.45) is 0 Å². The van der Waals surface area contributed by atoms with E-state index in [2.05, 4.69) is 9.97 Å². The highest BCUT2D eigenvalue weighted by molar-refractivity contribution is 5.81. The molecule has 0 bridgehead atoms. The summed E-state index contributed by atoms with van der Waals surface area (Å²) in [5, 5.41) is 9.93. The number of H-pyrrole nitrogens is 1. The van der Waals surface area contributed by atoms with Crippen molar-refractivity contribution in [1.29, 1.82) is 0 Å². The Morgan fingerprint density at radius 2 is 1.78 bits per heavy atom. The molecule has 4 aromatic rings. The number of aliphatic hydroxyl groups excluding tert-OH is 1. The van der Waals surface area contributed by atoms with Crippen LogP contribution in [-0.2, 0) is 14.2 Å². The number of aromatic nitrogens is 2. The van der Waals surface area contributed by atoms with Crippen molar-refractivity contribution in [3.63, 3.8) is 0 Å². The molecule has 2 fully saturated rings. The number of hydrogen-bond acceptors (Lipinski definition) is 7. The molecule has 37 heavy (non-hydrogen) atoms. The minimum atomic E-state index is -0.649. The first kappa shape index (κ1) is 23.9. The predicted octanol–water partition coefficient (Wildman–Crippen LogP) is 3.97. The Balaban J connectivity index is 1.20. The number of ether oxygens (including phenoxy) is 5. The van der Waals surface area contributed by atoms with Gasteiger partial charge >= 0.3 is 0 Å². The summed E-state index contributed by atoms with van der Waals surface area (Å²) in [7, 11) is 1.64. The highest BCUT2D eigenvalue weighted by atomic mass is 19.1. The largest absolute Gasteiger partial charge is 0.491 e. The number of aliphatic hydroxyl groups is 1. The van der Waals surface area contributed by atoms with E-state index in [9.17, 15) is 5.11 Å². The minimum Gasteiger partial charge on any atom is -0.491 e. The van der Waals surface area contributed by atoms with Gasteiger partial charge in [0.05, 0.1) is 30.9 Å². The second kappa shape index (κ2) is 10.1. The number of benzene rings is 2. The first-order chi connectivity index (χ1) is 18.1. The summed E-state index contributed by atoms with van der Waals surface area (Å²) in [6.07, 6.45) is -1.73. The topological polar surface area (TPSA) is 95.1 Å². The van der Waals surface area contributed by atoms with E-state index in [1.165, 1.54) is 6.07 Å². The Labute approximate surface area is 212 Å². The molecular weight excluding hydrogens is 479 g/mol. The van der Waals surface area contributed by atoms with Gasteiger partial charge in [-0.25, -0.2) is 9.37 Å². The van der Waals surface area contributed by atoms with Gasteiger partial charge < -0.3 is 33.8 Å². The zero-order chi connectivity index (χ0) is 25.4. The summed E-state index contributed by atoms with van der Waals surface area (Å²) < 4.78 is 43.0. The normalized spacial score (nSPS) is 22.9. The molecule has 2 N–H and O–H groups in total. The fourth-order valence-electron chi connectivity index (χ4n) is 4.81. The van der Waals surface area contributed by atoms with E-state index in [0.717, 1.165) is 16.9 Å². The van der Waals surface area contributed by atoms with E-state index in [1.54, 1.807) is 13.2 Å². The third-order valence-corrected chi connectivity index (χ3v) is 6.67. The third kappa shape index (κ3) is 4.78. The first-order valence-electron chi connectivity index (χ1n) is 12.2. The Kier molecular flexibility index (Phi) is 6.52. The third-order valence-electron chi connectivity index (χ3n) is 6.67. The molecule has 8 nitrogen and oxygen atoms in total. The maximum Gasteiger partial charge on any atom is 0.193 e. The molecule has 0 radical (unpaired) electrons. The van der Waals surface area contributed by atoms with Crippen molar-refractivity contribution in [2.75, 3.05) is 33.5 Å². The number of pyridine rings is 1. The van der Waals surface area contributed by atoms with Crippen LogP contribution in [0.2, 0.25) is 0 Å². The molecule has 2 aliphatic rings. The SMILES string of the molecule is COCCOc1cccc(-c2ccc(-c3nc4cc(O[C@@H]5CO[C@H]6[C@@H]5OC[C@H]6O)[nH]c4cc3F)cc2)c1. The lowest BCUT2D eigenvalue weighted by atomic mass is 10.0. The zero-order valence-electron chi connectivity index (χ0n) is 20.2. The molecule has 4 atom stereocenters. The van der Waals surface area contributed by atoms with E-state index < -0.39 is 11.9 Å². The van der Waals surface area contributed by atoms with E-state index in [0.29, 0.717) is 42.3 Å². The zero-order valence-corrected chi connectivity index (χ0v) is 20.2. The monoisotopic (exact) mass is 506 g/mol. The molecule has 6 rings (SSSR count). The van der Waals surface area contributed by atoms with Gasteiger partial charge in [0.2, 0.25) is 0 Å². The molecule has 0 unspecified atom stereocenters. The van der Waals surface area contributed by atoms with Crippen molar-refractivity contribution in [3.05, 3.63) is 66.5 Å². The van der Waals surface area contributed by atoms with Gasteiger partial charge in [0.15, 0.2) is 17.8 Å². The molecule has 2 saturated heterocycles. The number of nitrogens with one attached hydrogen (secondary N) is 1. The molecule has 4 heterocycles. The standard InChI is InChI=1S/C28H27FN2O6/c1-33-9-10-34-19-4-2-3-18(11-19)16-5-7-17(8-6-16)26-20(29)12-21-22(31-26)13-25(30-21)37-24-15-36-27-23(32)14-35-28(24)27/h2-8,11-13,23-24,27-28,30,32H,9-10,14-15H2,1H3/t23-,24-,27-,28-/m1/s1. The summed E-state index contributed by atoms with van der Waals surface area (Å²) in [6.45, 7) is 1.53. The summed E-state index contributed by atoms with van der Waals surface area (Å²) in [5.41, 5.74) is 4.01. The second-order valence-corrected chi connectivity index (χ2v) is 9.15. The molecule has 192 valence electrons. The fraction of sp³-hybridized carbons (Fsp3) is 0.321. The first-order valence-corrected chi connectivity index (χ1v) is 12.2. The Hall–Kier alpha value is -3.50. The lowest BCUT2D eigenvalue weighted by Gasteiger charge is -2.16. The van der Waals surface area contributed by atoms with E-state index in [-0.39, 0.29) is 30.6 Å². The van der Waals surface area contributed by atoms with Crippen LogP contribution in [0.1, 0.15) is 0 Å². The highest BCUT2D eigenvalue weighted by Crippen LogP contribution is 2.33. The van der Waals surface area contributed by atoms with Gasteiger partial charge in [0, 0.05) is 24.8 Å². The molecule has 2 aromatic carbocycles. The predicted molar refractivity (Wildman–Crippen MR) is 134 cm³/mol. The van der Waals surface area contributed by atoms with E-state index >= 15 is 4.39 Å². The van der Waals surface area contributed by atoms with Crippen LogP contribution in [0, 0.1) is 5.82 Å². The number of hydrogen-bond donors (Lipinski definition) is 2. The fourth-order valence-corrected chi connectivity index (χ4v) is 4.81. The van der Waals surface area contributed by atoms with Crippen LogP contribution >= 0.6 is 0 Å². The maximum absolute atomic E-state index is 15.0. The minimum absolute atomic E-state index is 0.227.